The number of benzene rings is 1. The van der Waals surface area contributed by atoms with E-state index in [1.807, 2.05) is 25.1 Å². The number of carbonyl (C=O) groups excluding carboxylic acids is 1. The molecule has 0 bridgehead atoms. The first-order valence-corrected chi connectivity index (χ1v) is 7.86. The maximum Gasteiger partial charge on any atom is 0.251 e. The van der Waals surface area contributed by atoms with Crippen LogP contribution in [0.5, 0.6) is 0 Å². The maximum absolute atomic E-state index is 12.1. The van der Waals surface area contributed by atoms with Gasteiger partial charge in [-0.25, -0.2) is 0 Å². The molecule has 1 amide bonds. The first-order chi connectivity index (χ1) is 9.06. The number of aliphatic hydroxyl groups excluding tert-OH is 1. The standard InChI is InChI=1S/C15H20INO2/c1-10-5-6-12(8-14(10)16)15(19)17-9-11-3-2-4-13(18)7-11/h5-6,8,11,13,18H,2-4,7,9H2,1H3,(H,17,19)/t11-,13-/m0/s1. The summed E-state index contributed by atoms with van der Waals surface area (Å²) in [5.74, 6) is 0.398. The molecule has 0 spiro atoms. The summed E-state index contributed by atoms with van der Waals surface area (Å²) in [6.45, 7) is 2.70. The number of hydrogen-bond donors (Lipinski definition) is 2. The summed E-state index contributed by atoms with van der Waals surface area (Å²) in [5, 5.41) is 12.6. The Morgan fingerprint density at radius 3 is 2.95 bits per heavy atom. The van der Waals surface area contributed by atoms with Crippen molar-refractivity contribution in [3.8, 4) is 0 Å². The van der Waals surface area contributed by atoms with Gasteiger partial charge in [-0.15, -0.1) is 0 Å². The highest BCUT2D eigenvalue weighted by atomic mass is 127. The number of rotatable bonds is 3. The third-order valence-electron chi connectivity index (χ3n) is 3.74. The van der Waals surface area contributed by atoms with Gasteiger partial charge in [0.2, 0.25) is 0 Å². The van der Waals surface area contributed by atoms with E-state index in [0.717, 1.165) is 29.3 Å². The predicted molar refractivity (Wildman–Crippen MR) is 84.2 cm³/mol. The molecule has 0 unspecified atom stereocenters. The van der Waals surface area contributed by atoms with Crippen molar-refractivity contribution in [2.45, 2.75) is 38.7 Å². The van der Waals surface area contributed by atoms with Gasteiger partial charge in [0, 0.05) is 15.7 Å². The van der Waals surface area contributed by atoms with Gasteiger partial charge in [-0.05, 0) is 72.4 Å². The SMILES string of the molecule is Cc1ccc(C(=O)NC[C@H]2CCC[C@H](O)C2)cc1I. The van der Waals surface area contributed by atoms with Crippen LogP contribution < -0.4 is 5.32 Å². The Morgan fingerprint density at radius 2 is 2.26 bits per heavy atom. The fourth-order valence-corrected chi connectivity index (χ4v) is 3.04. The lowest BCUT2D eigenvalue weighted by atomic mass is 9.87. The number of carbonyl (C=O) groups is 1. The van der Waals surface area contributed by atoms with E-state index in [1.165, 1.54) is 5.56 Å². The van der Waals surface area contributed by atoms with Crippen LogP contribution in [0.15, 0.2) is 18.2 Å². The Bertz CT molecular complexity index is 461. The summed E-state index contributed by atoms with van der Waals surface area (Å²) in [5.41, 5.74) is 1.90. The second kappa shape index (κ2) is 6.70. The summed E-state index contributed by atoms with van der Waals surface area (Å²) in [6, 6.07) is 5.75. The number of hydrogen-bond acceptors (Lipinski definition) is 2. The molecule has 0 radical (unpaired) electrons. The lowest BCUT2D eigenvalue weighted by Gasteiger charge is -2.25. The molecular formula is C15H20INO2. The van der Waals surface area contributed by atoms with Gasteiger partial charge in [0.05, 0.1) is 6.10 Å². The fraction of sp³-hybridized carbons (Fsp3) is 0.533. The molecule has 0 heterocycles. The average Bonchev–Trinajstić information content (AvgIpc) is 2.39. The van der Waals surface area contributed by atoms with E-state index in [4.69, 9.17) is 0 Å². The van der Waals surface area contributed by atoms with Crippen molar-refractivity contribution in [1.82, 2.24) is 5.32 Å². The van der Waals surface area contributed by atoms with Crippen molar-refractivity contribution < 1.29 is 9.90 Å². The molecule has 1 saturated carbocycles. The monoisotopic (exact) mass is 373 g/mol. The molecule has 2 rings (SSSR count). The third kappa shape index (κ3) is 4.18. The highest BCUT2D eigenvalue weighted by molar-refractivity contribution is 14.1. The van der Waals surface area contributed by atoms with E-state index in [0.29, 0.717) is 18.0 Å². The lowest BCUT2D eigenvalue weighted by molar-refractivity contribution is 0.0874. The zero-order valence-electron chi connectivity index (χ0n) is 11.2. The minimum absolute atomic E-state index is 0.0158. The van der Waals surface area contributed by atoms with Crippen molar-refractivity contribution in [2.24, 2.45) is 5.92 Å². The minimum atomic E-state index is -0.184. The smallest absolute Gasteiger partial charge is 0.251 e. The Kier molecular flexibility index (Phi) is 5.21. The number of halogens is 1. The topological polar surface area (TPSA) is 49.3 Å². The highest BCUT2D eigenvalue weighted by Crippen LogP contribution is 2.23. The number of nitrogens with one attached hydrogen (secondary N) is 1. The summed E-state index contributed by atoms with van der Waals surface area (Å²) in [6.07, 6.45) is 3.69. The van der Waals surface area contributed by atoms with Crippen molar-refractivity contribution in [3.05, 3.63) is 32.9 Å². The van der Waals surface area contributed by atoms with Crippen LogP contribution in [0.2, 0.25) is 0 Å². The summed E-state index contributed by atoms with van der Waals surface area (Å²) < 4.78 is 1.11. The molecule has 1 aromatic carbocycles. The quantitative estimate of drug-likeness (QED) is 0.801. The molecular weight excluding hydrogens is 353 g/mol. The van der Waals surface area contributed by atoms with E-state index in [2.05, 4.69) is 27.9 Å². The normalized spacial score (nSPS) is 23.1. The lowest BCUT2D eigenvalue weighted by Crippen LogP contribution is -2.33. The second-order valence-electron chi connectivity index (χ2n) is 5.36. The molecule has 104 valence electrons. The van der Waals surface area contributed by atoms with Gasteiger partial charge >= 0.3 is 0 Å². The minimum Gasteiger partial charge on any atom is -0.393 e. The van der Waals surface area contributed by atoms with Crippen molar-refractivity contribution in [2.75, 3.05) is 6.54 Å². The Balaban J connectivity index is 1.88. The number of aliphatic hydroxyl groups is 1. The van der Waals surface area contributed by atoms with Gasteiger partial charge in [-0.3, -0.25) is 4.79 Å². The molecule has 0 saturated heterocycles. The maximum atomic E-state index is 12.1. The average molecular weight is 373 g/mol. The fourth-order valence-electron chi connectivity index (χ4n) is 2.52. The van der Waals surface area contributed by atoms with Crippen LogP contribution in [-0.4, -0.2) is 23.7 Å². The van der Waals surface area contributed by atoms with E-state index >= 15 is 0 Å². The largest absolute Gasteiger partial charge is 0.393 e. The molecule has 2 N–H and O–H groups in total. The van der Waals surface area contributed by atoms with E-state index in [-0.39, 0.29) is 12.0 Å². The van der Waals surface area contributed by atoms with E-state index in [1.54, 1.807) is 0 Å². The van der Waals surface area contributed by atoms with Gasteiger partial charge in [0.25, 0.3) is 5.91 Å². The number of amides is 1. The predicted octanol–water partition coefficient (Wildman–Crippen LogP) is 2.88. The van der Waals surface area contributed by atoms with Crippen molar-refractivity contribution in [1.29, 1.82) is 0 Å². The van der Waals surface area contributed by atoms with Crippen molar-refractivity contribution in [3.63, 3.8) is 0 Å². The van der Waals surface area contributed by atoms with E-state index in [9.17, 15) is 9.90 Å². The molecule has 2 atom stereocenters. The highest BCUT2D eigenvalue weighted by Gasteiger charge is 2.20. The summed E-state index contributed by atoms with van der Waals surface area (Å²) >= 11 is 2.24. The molecule has 0 aliphatic heterocycles. The van der Waals surface area contributed by atoms with Crippen LogP contribution >= 0.6 is 22.6 Å². The molecule has 1 aliphatic rings. The molecule has 19 heavy (non-hydrogen) atoms. The molecule has 1 fully saturated rings. The van der Waals surface area contributed by atoms with Crippen molar-refractivity contribution >= 4 is 28.5 Å². The van der Waals surface area contributed by atoms with E-state index < -0.39 is 0 Å². The van der Waals surface area contributed by atoms with Crippen LogP contribution in [0.25, 0.3) is 0 Å². The molecule has 1 aliphatic carbocycles. The molecule has 0 aromatic heterocycles. The van der Waals surface area contributed by atoms with Crippen LogP contribution in [-0.2, 0) is 0 Å². The molecule has 1 aromatic rings. The first kappa shape index (κ1) is 14.8. The van der Waals surface area contributed by atoms with Gasteiger partial charge in [0.1, 0.15) is 0 Å². The van der Waals surface area contributed by atoms with Crippen LogP contribution in [0.3, 0.4) is 0 Å². The zero-order chi connectivity index (χ0) is 13.8. The number of aryl methyl sites for hydroxylation is 1. The first-order valence-electron chi connectivity index (χ1n) is 6.78. The van der Waals surface area contributed by atoms with Crippen LogP contribution in [0.4, 0.5) is 0 Å². The van der Waals surface area contributed by atoms with Gasteiger partial charge in [-0.2, -0.15) is 0 Å². The molecule has 3 nitrogen and oxygen atoms in total. The Labute approximate surface area is 127 Å². The van der Waals surface area contributed by atoms with Gasteiger partial charge in [0.15, 0.2) is 0 Å². The van der Waals surface area contributed by atoms with Gasteiger partial charge in [-0.1, -0.05) is 12.5 Å². The van der Waals surface area contributed by atoms with Crippen LogP contribution in [0, 0.1) is 16.4 Å². The zero-order valence-corrected chi connectivity index (χ0v) is 13.3. The Hall–Kier alpha value is -0.620. The Morgan fingerprint density at radius 1 is 1.47 bits per heavy atom. The second-order valence-corrected chi connectivity index (χ2v) is 6.52. The summed E-state index contributed by atoms with van der Waals surface area (Å²) in [7, 11) is 0. The van der Waals surface area contributed by atoms with Crippen LogP contribution in [0.1, 0.15) is 41.6 Å². The van der Waals surface area contributed by atoms with Gasteiger partial charge < -0.3 is 10.4 Å². The third-order valence-corrected chi connectivity index (χ3v) is 4.90. The molecule has 4 heteroatoms. The summed E-state index contributed by atoms with van der Waals surface area (Å²) in [4.78, 5) is 12.1.